The lowest BCUT2D eigenvalue weighted by Crippen LogP contribution is -2.34. The zero-order chi connectivity index (χ0) is 10.5. The Morgan fingerprint density at radius 1 is 1.47 bits per heavy atom. The van der Waals surface area contributed by atoms with Crippen LogP contribution >= 0.6 is 0 Å². The van der Waals surface area contributed by atoms with Crippen molar-refractivity contribution in [1.82, 2.24) is 9.97 Å². The summed E-state index contributed by atoms with van der Waals surface area (Å²) in [7, 11) is 0. The molecule has 0 amide bonds. The van der Waals surface area contributed by atoms with Crippen LogP contribution in [0.2, 0.25) is 0 Å². The van der Waals surface area contributed by atoms with Gasteiger partial charge >= 0.3 is 0 Å². The molecule has 0 bridgehead atoms. The van der Waals surface area contributed by atoms with Crippen LogP contribution in [-0.4, -0.2) is 42.4 Å². The van der Waals surface area contributed by atoms with Crippen LogP contribution in [0.5, 0.6) is 0 Å². The van der Waals surface area contributed by atoms with E-state index in [0.29, 0.717) is 38.0 Å². The first-order chi connectivity index (χ1) is 7.34. The second kappa shape index (κ2) is 4.90. The summed E-state index contributed by atoms with van der Waals surface area (Å²) in [5.74, 6) is 1.06. The van der Waals surface area contributed by atoms with Gasteiger partial charge in [0.2, 0.25) is 0 Å². The standard InChI is InChI=1S/C9H14N4O2/c10-8-4-11-5-9(13-8)12-3-7-6-14-1-2-15-7/h4-5,7H,1-3,6H2,(H3,10,12,13). The summed E-state index contributed by atoms with van der Waals surface area (Å²) in [5.41, 5.74) is 5.50. The highest BCUT2D eigenvalue weighted by molar-refractivity contribution is 5.38. The van der Waals surface area contributed by atoms with Gasteiger partial charge in [0.15, 0.2) is 0 Å². The van der Waals surface area contributed by atoms with E-state index in [2.05, 4.69) is 15.3 Å². The van der Waals surface area contributed by atoms with Crippen molar-refractivity contribution >= 4 is 11.6 Å². The zero-order valence-electron chi connectivity index (χ0n) is 8.35. The largest absolute Gasteiger partial charge is 0.382 e. The van der Waals surface area contributed by atoms with Gasteiger partial charge in [-0.15, -0.1) is 0 Å². The van der Waals surface area contributed by atoms with Crippen LogP contribution in [0.15, 0.2) is 12.4 Å². The van der Waals surface area contributed by atoms with Gasteiger partial charge in [-0.25, -0.2) is 4.98 Å². The maximum atomic E-state index is 5.50. The third kappa shape index (κ3) is 3.03. The number of nitrogen functional groups attached to an aromatic ring is 1. The van der Waals surface area contributed by atoms with E-state index in [1.165, 1.54) is 6.20 Å². The molecule has 1 saturated heterocycles. The first kappa shape index (κ1) is 10.1. The van der Waals surface area contributed by atoms with Crippen LogP contribution in [0.3, 0.4) is 0 Å². The normalized spacial score (nSPS) is 21.2. The molecule has 0 saturated carbocycles. The molecule has 6 heteroatoms. The van der Waals surface area contributed by atoms with Crippen molar-refractivity contribution in [2.45, 2.75) is 6.10 Å². The van der Waals surface area contributed by atoms with E-state index in [1.807, 2.05) is 0 Å². The van der Waals surface area contributed by atoms with Crippen LogP contribution in [0.25, 0.3) is 0 Å². The molecule has 2 rings (SSSR count). The summed E-state index contributed by atoms with van der Waals surface area (Å²) in [6.07, 6.45) is 3.20. The number of ether oxygens (including phenoxy) is 2. The van der Waals surface area contributed by atoms with Crippen molar-refractivity contribution < 1.29 is 9.47 Å². The highest BCUT2D eigenvalue weighted by Crippen LogP contribution is 2.05. The minimum absolute atomic E-state index is 0.0713. The van der Waals surface area contributed by atoms with E-state index >= 15 is 0 Å². The Morgan fingerprint density at radius 3 is 3.13 bits per heavy atom. The van der Waals surface area contributed by atoms with Gasteiger partial charge in [0.05, 0.1) is 38.3 Å². The SMILES string of the molecule is Nc1cncc(NCC2COCCO2)n1. The monoisotopic (exact) mass is 210 g/mol. The molecule has 82 valence electrons. The second-order valence-corrected chi connectivity index (χ2v) is 3.28. The minimum Gasteiger partial charge on any atom is -0.382 e. The fraction of sp³-hybridized carbons (Fsp3) is 0.556. The molecule has 15 heavy (non-hydrogen) atoms. The summed E-state index contributed by atoms with van der Waals surface area (Å²) in [6, 6.07) is 0. The highest BCUT2D eigenvalue weighted by Gasteiger charge is 2.13. The van der Waals surface area contributed by atoms with Crippen LogP contribution in [0, 0.1) is 0 Å². The summed E-state index contributed by atoms with van der Waals surface area (Å²) in [4.78, 5) is 7.99. The maximum Gasteiger partial charge on any atom is 0.147 e. The summed E-state index contributed by atoms with van der Waals surface area (Å²) < 4.78 is 10.7. The topological polar surface area (TPSA) is 82.3 Å². The molecule has 1 aromatic heterocycles. The molecule has 3 N–H and O–H groups in total. The smallest absolute Gasteiger partial charge is 0.147 e. The molecule has 0 aliphatic carbocycles. The van der Waals surface area contributed by atoms with Gasteiger partial charge in [0.1, 0.15) is 11.6 Å². The van der Waals surface area contributed by atoms with Gasteiger partial charge in [0, 0.05) is 6.54 Å². The van der Waals surface area contributed by atoms with E-state index in [-0.39, 0.29) is 6.10 Å². The van der Waals surface area contributed by atoms with Gasteiger partial charge in [-0.2, -0.15) is 0 Å². The van der Waals surface area contributed by atoms with Crippen LogP contribution in [-0.2, 0) is 9.47 Å². The van der Waals surface area contributed by atoms with Gasteiger partial charge < -0.3 is 20.5 Å². The Labute approximate surface area is 87.8 Å². The van der Waals surface area contributed by atoms with Crippen molar-refractivity contribution in [3.63, 3.8) is 0 Å². The molecule has 1 atom stereocenters. The number of hydrogen-bond donors (Lipinski definition) is 2. The lowest BCUT2D eigenvalue weighted by atomic mass is 10.3. The van der Waals surface area contributed by atoms with Crippen molar-refractivity contribution in [3.05, 3.63) is 12.4 Å². The summed E-state index contributed by atoms with van der Waals surface area (Å²) >= 11 is 0. The summed E-state index contributed by atoms with van der Waals surface area (Å²) in [5, 5.41) is 3.10. The van der Waals surface area contributed by atoms with Crippen molar-refractivity contribution in [2.24, 2.45) is 0 Å². The average molecular weight is 210 g/mol. The Hall–Kier alpha value is -1.40. The van der Waals surface area contributed by atoms with E-state index < -0.39 is 0 Å². The third-order valence-electron chi connectivity index (χ3n) is 2.05. The van der Waals surface area contributed by atoms with Gasteiger partial charge in [-0.1, -0.05) is 0 Å². The van der Waals surface area contributed by atoms with Gasteiger partial charge in [-0.3, -0.25) is 4.98 Å². The number of hydrogen-bond acceptors (Lipinski definition) is 6. The number of aromatic nitrogens is 2. The molecule has 0 spiro atoms. The number of nitrogens with two attached hydrogens (primary N) is 1. The maximum absolute atomic E-state index is 5.50. The zero-order valence-corrected chi connectivity index (χ0v) is 8.35. The number of nitrogens with zero attached hydrogens (tertiary/aromatic N) is 2. The van der Waals surface area contributed by atoms with Crippen molar-refractivity contribution in [2.75, 3.05) is 37.4 Å². The van der Waals surface area contributed by atoms with Crippen LogP contribution in [0.4, 0.5) is 11.6 Å². The lowest BCUT2D eigenvalue weighted by molar-refractivity contribution is -0.0819. The molecule has 1 aliphatic heterocycles. The molecular weight excluding hydrogens is 196 g/mol. The van der Waals surface area contributed by atoms with E-state index in [1.54, 1.807) is 6.20 Å². The minimum atomic E-state index is 0.0713. The Morgan fingerprint density at radius 2 is 2.40 bits per heavy atom. The van der Waals surface area contributed by atoms with Gasteiger partial charge in [0.25, 0.3) is 0 Å². The second-order valence-electron chi connectivity index (χ2n) is 3.28. The fourth-order valence-electron chi connectivity index (χ4n) is 1.34. The first-order valence-corrected chi connectivity index (χ1v) is 4.85. The predicted molar refractivity (Wildman–Crippen MR) is 55.5 cm³/mol. The molecule has 6 nitrogen and oxygen atoms in total. The highest BCUT2D eigenvalue weighted by atomic mass is 16.6. The van der Waals surface area contributed by atoms with Crippen LogP contribution in [0.1, 0.15) is 0 Å². The van der Waals surface area contributed by atoms with Crippen molar-refractivity contribution in [1.29, 1.82) is 0 Å². The predicted octanol–water partition coefficient (Wildman–Crippen LogP) is -0.114. The Kier molecular flexibility index (Phi) is 3.31. The van der Waals surface area contributed by atoms with E-state index in [0.717, 1.165) is 0 Å². The molecule has 2 heterocycles. The Balaban J connectivity index is 1.81. The fourth-order valence-corrected chi connectivity index (χ4v) is 1.34. The molecule has 1 unspecified atom stereocenters. The van der Waals surface area contributed by atoms with Gasteiger partial charge in [-0.05, 0) is 0 Å². The molecule has 1 aliphatic rings. The number of rotatable bonds is 3. The molecule has 1 fully saturated rings. The molecular formula is C9H14N4O2. The van der Waals surface area contributed by atoms with E-state index in [4.69, 9.17) is 15.2 Å². The first-order valence-electron chi connectivity index (χ1n) is 4.85. The molecule has 0 radical (unpaired) electrons. The third-order valence-corrected chi connectivity index (χ3v) is 2.05. The summed E-state index contributed by atoms with van der Waals surface area (Å²) in [6.45, 7) is 2.59. The quantitative estimate of drug-likeness (QED) is 0.724. The van der Waals surface area contributed by atoms with Crippen molar-refractivity contribution in [3.8, 4) is 0 Å². The van der Waals surface area contributed by atoms with E-state index in [9.17, 15) is 0 Å². The van der Waals surface area contributed by atoms with Crippen LogP contribution < -0.4 is 11.1 Å². The number of anilines is 2. The number of nitrogens with one attached hydrogen (secondary N) is 1. The molecule has 0 aromatic carbocycles. The lowest BCUT2D eigenvalue weighted by Gasteiger charge is -2.23. The Bertz CT molecular complexity index is 315. The molecule has 1 aromatic rings. The average Bonchev–Trinajstić information content (AvgIpc) is 2.28.